The molecule has 0 spiro atoms. The number of carbonyl (C=O) groups excluding carboxylic acids is 1. The van der Waals surface area contributed by atoms with Crippen molar-refractivity contribution in [1.29, 1.82) is 0 Å². The van der Waals surface area contributed by atoms with Gasteiger partial charge in [-0.1, -0.05) is 12.1 Å². The number of aromatic nitrogens is 4. The van der Waals surface area contributed by atoms with Gasteiger partial charge in [-0.2, -0.15) is 0 Å². The van der Waals surface area contributed by atoms with Crippen LogP contribution in [0.2, 0.25) is 0 Å². The van der Waals surface area contributed by atoms with Crippen LogP contribution in [0, 0.1) is 5.82 Å². The zero-order chi connectivity index (χ0) is 21.4. The van der Waals surface area contributed by atoms with E-state index in [1.54, 1.807) is 43.0 Å². The Labute approximate surface area is 178 Å². The number of nitrogens with zero attached hydrogens (tertiary/aromatic N) is 4. The fourth-order valence-electron chi connectivity index (χ4n) is 4.01. The third-order valence-electron chi connectivity index (χ3n) is 5.63. The van der Waals surface area contributed by atoms with Crippen LogP contribution in [0.4, 0.5) is 10.1 Å². The van der Waals surface area contributed by atoms with E-state index in [0.717, 1.165) is 27.8 Å². The van der Waals surface area contributed by atoms with Crippen LogP contribution in [-0.2, 0) is 16.6 Å². The number of halogens is 1. The Morgan fingerprint density at radius 2 is 1.71 bits per heavy atom. The zero-order valence-electron chi connectivity index (χ0n) is 16.7. The van der Waals surface area contributed by atoms with E-state index >= 15 is 0 Å². The number of amides is 1. The summed E-state index contributed by atoms with van der Waals surface area (Å²) in [6.07, 6.45) is 8.66. The zero-order valence-corrected chi connectivity index (χ0v) is 16.7. The van der Waals surface area contributed by atoms with Crippen LogP contribution in [0.5, 0.6) is 0 Å². The first-order chi connectivity index (χ1) is 15.0. The first kappa shape index (κ1) is 19.0. The van der Waals surface area contributed by atoms with E-state index in [-0.39, 0.29) is 11.7 Å². The number of anilines is 1. The molecule has 152 valence electrons. The molecule has 1 amide bonds. The highest BCUT2D eigenvalue weighted by molar-refractivity contribution is 6.10. The standard InChI is InChI=1S/C24H18FN5O/c1-24(11-15-12-26-14-27-13-15)20-10-17(16-3-5-18(25)6-4-16)9-19(21(20)30-23(24)31)22-28-7-2-8-29-22/h2-10,12-14H,11H2,1H3,(H,30,31). The molecule has 0 fully saturated rings. The maximum absolute atomic E-state index is 13.5. The van der Waals surface area contributed by atoms with Gasteiger partial charge in [-0.25, -0.2) is 24.3 Å². The third kappa shape index (κ3) is 3.34. The van der Waals surface area contributed by atoms with E-state index in [1.807, 2.05) is 19.1 Å². The fraction of sp³-hybridized carbons (Fsp3) is 0.125. The molecule has 0 aliphatic carbocycles. The molecule has 7 heteroatoms. The van der Waals surface area contributed by atoms with Crippen molar-refractivity contribution in [3.8, 4) is 22.5 Å². The highest BCUT2D eigenvalue weighted by Crippen LogP contribution is 2.46. The van der Waals surface area contributed by atoms with E-state index in [2.05, 4.69) is 25.3 Å². The number of fused-ring (bicyclic) bond motifs is 1. The summed E-state index contributed by atoms with van der Waals surface area (Å²) in [5.74, 6) is 0.0948. The van der Waals surface area contributed by atoms with Crippen LogP contribution in [0.15, 0.2) is 73.6 Å². The van der Waals surface area contributed by atoms with Gasteiger partial charge in [-0.05, 0) is 65.9 Å². The van der Waals surface area contributed by atoms with E-state index in [4.69, 9.17) is 0 Å². The van der Waals surface area contributed by atoms with Gasteiger partial charge in [0.25, 0.3) is 0 Å². The van der Waals surface area contributed by atoms with Crippen molar-refractivity contribution >= 4 is 11.6 Å². The summed E-state index contributed by atoms with van der Waals surface area (Å²) in [5, 5.41) is 3.04. The predicted molar refractivity (Wildman–Crippen MR) is 115 cm³/mol. The molecular weight excluding hydrogens is 393 g/mol. The highest BCUT2D eigenvalue weighted by Gasteiger charge is 2.44. The third-order valence-corrected chi connectivity index (χ3v) is 5.63. The summed E-state index contributed by atoms with van der Waals surface area (Å²) < 4.78 is 13.5. The maximum Gasteiger partial charge on any atom is 0.235 e. The molecule has 5 rings (SSSR count). The molecule has 1 aliphatic rings. The Hall–Kier alpha value is -4.00. The summed E-state index contributed by atoms with van der Waals surface area (Å²) in [6, 6.07) is 11.9. The van der Waals surface area contributed by atoms with Gasteiger partial charge in [0.05, 0.1) is 11.1 Å². The molecule has 1 aliphatic heterocycles. The maximum atomic E-state index is 13.5. The van der Waals surface area contributed by atoms with Crippen LogP contribution < -0.4 is 5.32 Å². The van der Waals surface area contributed by atoms with Crippen molar-refractivity contribution in [2.45, 2.75) is 18.8 Å². The van der Waals surface area contributed by atoms with Crippen molar-refractivity contribution in [2.24, 2.45) is 0 Å². The Morgan fingerprint density at radius 1 is 1.00 bits per heavy atom. The van der Waals surface area contributed by atoms with Gasteiger partial charge in [-0.15, -0.1) is 0 Å². The number of hydrogen-bond donors (Lipinski definition) is 1. The van der Waals surface area contributed by atoms with Gasteiger partial charge in [0.15, 0.2) is 5.82 Å². The summed E-state index contributed by atoms with van der Waals surface area (Å²) >= 11 is 0. The second-order valence-corrected chi connectivity index (χ2v) is 7.74. The van der Waals surface area contributed by atoms with E-state index in [9.17, 15) is 9.18 Å². The summed E-state index contributed by atoms with van der Waals surface area (Å²) in [6.45, 7) is 1.91. The average Bonchev–Trinajstić information content (AvgIpc) is 3.05. The van der Waals surface area contributed by atoms with E-state index < -0.39 is 5.41 Å². The van der Waals surface area contributed by atoms with Crippen LogP contribution in [-0.4, -0.2) is 25.8 Å². The molecule has 3 heterocycles. The number of hydrogen-bond acceptors (Lipinski definition) is 5. The molecule has 0 saturated carbocycles. The van der Waals surface area contributed by atoms with Gasteiger partial charge in [0, 0.05) is 30.4 Å². The molecule has 2 aromatic heterocycles. The first-order valence-corrected chi connectivity index (χ1v) is 9.82. The Bertz CT molecular complexity index is 1260. The number of rotatable bonds is 4. The molecule has 1 atom stereocenters. The second-order valence-electron chi connectivity index (χ2n) is 7.74. The van der Waals surface area contributed by atoms with Gasteiger partial charge in [0.2, 0.25) is 5.91 Å². The SMILES string of the molecule is CC1(Cc2cncnc2)C(=O)Nc2c(-c3ncccn3)cc(-c3ccc(F)cc3)cc21. The minimum atomic E-state index is -0.834. The quantitative estimate of drug-likeness (QED) is 0.545. The molecule has 0 bridgehead atoms. The summed E-state index contributed by atoms with van der Waals surface area (Å²) in [5.41, 5.74) is 3.97. The highest BCUT2D eigenvalue weighted by atomic mass is 19.1. The van der Waals surface area contributed by atoms with Crippen LogP contribution >= 0.6 is 0 Å². The first-order valence-electron chi connectivity index (χ1n) is 9.82. The average molecular weight is 411 g/mol. The number of carbonyl (C=O) groups is 1. The van der Waals surface area contributed by atoms with Gasteiger partial charge >= 0.3 is 0 Å². The lowest BCUT2D eigenvalue weighted by Crippen LogP contribution is -2.33. The topological polar surface area (TPSA) is 80.7 Å². The molecule has 4 aromatic rings. The van der Waals surface area contributed by atoms with Crippen molar-refractivity contribution in [3.63, 3.8) is 0 Å². The Kier molecular flexibility index (Phi) is 4.51. The van der Waals surface area contributed by atoms with Crippen molar-refractivity contribution in [3.05, 3.63) is 90.5 Å². The number of benzene rings is 2. The lowest BCUT2D eigenvalue weighted by molar-refractivity contribution is -0.120. The summed E-state index contributed by atoms with van der Waals surface area (Å²) in [7, 11) is 0. The molecule has 2 aromatic carbocycles. The predicted octanol–water partition coefficient (Wildman–Crippen LogP) is 4.19. The Balaban J connectivity index is 1.72. The van der Waals surface area contributed by atoms with Crippen molar-refractivity contribution in [2.75, 3.05) is 5.32 Å². The molecule has 6 nitrogen and oxygen atoms in total. The molecule has 31 heavy (non-hydrogen) atoms. The minimum absolute atomic E-state index is 0.111. The van der Waals surface area contributed by atoms with Gasteiger partial charge in [-0.3, -0.25) is 4.79 Å². The molecule has 1 unspecified atom stereocenters. The largest absolute Gasteiger partial charge is 0.324 e. The molecule has 0 radical (unpaired) electrons. The monoisotopic (exact) mass is 411 g/mol. The van der Waals surface area contributed by atoms with Crippen LogP contribution in [0.1, 0.15) is 18.1 Å². The van der Waals surface area contributed by atoms with Gasteiger partial charge in [0.1, 0.15) is 12.1 Å². The normalized spacial score (nSPS) is 17.3. The molecular formula is C24H18FN5O. The van der Waals surface area contributed by atoms with Crippen LogP contribution in [0.3, 0.4) is 0 Å². The lowest BCUT2D eigenvalue weighted by atomic mass is 9.77. The Morgan fingerprint density at radius 3 is 2.42 bits per heavy atom. The van der Waals surface area contributed by atoms with Crippen LogP contribution in [0.25, 0.3) is 22.5 Å². The molecule has 0 saturated heterocycles. The lowest BCUT2D eigenvalue weighted by Gasteiger charge is -2.23. The number of nitrogens with one attached hydrogen (secondary N) is 1. The van der Waals surface area contributed by atoms with E-state index in [1.165, 1.54) is 18.5 Å². The van der Waals surface area contributed by atoms with Gasteiger partial charge < -0.3 is 5.32 Å². The second kappa shape index (κ2) is 7.36. The van der Waals surface area contributed by atoms with Crippen molar-refractivity contribution < 1.29 is 9.18 Å². The molecule has 1 N–H and O–H groups in total. The fourth-order valence-corrected chi connectivity index (χ4v) is 4.01. The minimum Gasteiger partial charge on any atom is -0.324 e. The smallest absolute Gasteiger partial charge is 0.235 e. The van der Waals surface area contributed by atoms with Crippen molar-refractivity contribution in [1.82, 2.24) is 19.9 Å². The van der Waals surface area contributed by atoms with E-state index in [0.29, 0.717) is 17.9 Å². The summed E-state index contributed by atoms with van der Waals surface area (Å²) in [4.78, 5) is 30.1.